The number of anilines is 1. The lowest BCUT2D eigenvalue weighted by atomic mass is 9.99. The van der Waals surface area contributed by atoms with Crippen LogP contribution in [0.1, 0.15) is 18.4 Å². The maximum absolute atomic E-state index is 12.7. The molecule has 1 N–H and O–H groups in total. The number of halogens is 1. The SMILES string of the molecule is O=C(Nc1cccc(Cl)c1)C1CCCN(S(=O)(=O)Cc2ccccc2)C1. The van der Waals surface area contributed by atoms with Gasteiger partial charge in [-0.15, -0.1) is 0 Å². The van der Waals surface area contributed by atoms with Crippen LogP contribution in [-0.4, -0.2) is 31.7 Å². The Balaban J connectivity index is 1.65. The highest BCUT2D eigenvalue weighted by Crippen LogP contribution is 2.23. The number of carbonyl (C=O) groups excluding carboxylic acids is 1. The number of rotatable bonds is 5. The molecule has 2 aromatic rings. The first-order valence-corrected chi connectivity index (χ1v) is 10.5. The Hall–Kier alpha value is -1.89. The molecule has 0 spiro atoms. The van der Waals surface area contributed by atoms with Gasteiger partial charge in [0.25, 0.3) is 0 Å². The average molecular weight is 393 g/mol. The standard InChI is InChI=1S/C19H21ClN2O3S/c20-17-9-4-10-18(12-17)21-19(23)16-8-5-11-22(13-16)26(24,25)14-15-6-2-1-3-7-15/h1-4,6-7,9-10,12,16H,5,8,11,13-14H2,(H,21,23). The highest BCUT2D eigenvalue weighted by atomic mass is 35.5. The van der Waals surface area contributed by atoms with Gasteiger partial charge in [0.1, 0.15) is 0 Å². The lowest BCUT2D eigenvalue weighted by Gasteiger charge is -2.31. The van der Waals surface area contributed by atoms with E-state index in [-0.39, 0.29) is 24.1 Å². The van der Waals surface area contributed by atoms with Crippen molar-refractivity contribution in [1.29, 1.82) is 0 Å². The molecule has 0 radical (unpaired) electrons. The molecule has 1 amide bonds. The van der Waals surface area contributed by atoms with E-state index in [2.05, 4.69) is 5.32 Å². The Morgan fingerprint density at radius 3 is 2.65 bits per heavy atom. The summed E-state index contributed by atoms with van der Waals surface area (Å²) in [6, 6.07) is 16.0. The first kappa shape index (κ1) is 18.9. The van der Waals surface area contributed by atoms with Crippen molar-refractivity contribution in [2.45, 2.75) is 18.6 Å². The smallest absolute Gasteiger partial charge is 0.228 e. The normalized spacial score (nSPS) is 18.4. The van der Waals surface area contributed by atoms with Crippen LogP contribution in [0.3, 0.4) is 0 Å². The molecule has 138 valence electrons. The number of sulfonamides is 1. The molecular weight excluding hydrogens is 372 g/mol. The monoisotopic (exact) mass is 392 g/mol. The quantitative estimate of drug-likeness (QED) is 0.846. The van der Waals surface area contributed by atoms with Crippen LogP contribution in [0.5, 0.6) is 0 Å². The summed E-state index contributed by atoms with van der Waals surface area (Å²) in [6.07, 6.45) is 1.34. The summed E-state index contributed by atoms with van der Waals surface area (Å²) < 4.78 is 26.8. The van der Waals surface area contributed by atoms with Gasteiger partial charge in [0.2, 0.25) is 15.9 Å². The van der Waals surface area contributed by atoms with E-state index in [1.54, 1.807) is 36.4 Å². The lowest BCUT2D eigenvalue weighted by molar-refractivity contribution is -0.120. The second-order valence-electron chi connectivity index (χ2n) is 6.44. The van der Waals surface area contributed by atoms with Crippen molar-refractivity contribution in [1.82, 2.24) is 4.31 Å². The van der Waals surface area contributed by atoms with Gasteiger partial charge in [-0.25, -0.2) is 12.7 Å². The first-order chi connectivity index (χ1) is 12.4. The zero-order chi connectivity index (χ0) is 18.6. The van der Waals surface area contributed by atoms with E-state index in [0.29, 0.717) is 30.1 Å². The number of hydrogen-bond donors (Lipinski definition) is 1. The fraction of sp³-hybridized carbons (Fsp3) is 0.316. The van der Waals surface area contributed by atoms with Crippen molar-refractivity contribution in [3.05, 3.63) is 65.2 Å². The predicted molar refractivity (Wildman–Crippen MR) is 103 cm³/mol. The maximum atomic E-state index is 12.7. The highest BCUT2D eigenvalue weighted by Gasteiger charge is 2.32. The average Bonchev–Trinajstić information content (AvgIpc) is 2.62. The van der Waals surface area contributed by atoms with E-state index in [9.17, 15) is 13.2 Å². The summed E-state index contributed by atoms with van der Waals surface area (Å²) in [5.41, 5.74) is 1.37. The molecule has 0 bridgehead atoms. The number of nitrogens with one attached hydrogen (secondary N) is 1. The summed E-state index contributed by atoms with van der Waals surface area (Å²) >= 11 is 5.94. The van der Waals surface area contributed by atoms with Gasteiger partial charge in [-0.1, -0.05) is 48.0 Å². The molecule has 0 aliphatic carbocycles. The Morgan fingerprint density at radius 2 is 1.92 bits per heavy atom. The van der Waals surface area contributed by atoms with Crippen molar-refractivity contribution in [3.8, 4) is 0 Å². The summed E-state index contributed by atoms with van der Waals surface area (Å²) in [5, 5.41) is 3.37. The van der Waals surface area contributed by atoms with Crippen molar-refractivity contribution < 1.29 is 13.2 Å². The fourth-order valence-corrected chi connectivity index (χ4v) is 4.90. The van der Waals surface area contributed by atoms with E-state index >= 15 is 0 Å². The minimum atomic E-state index is -3.45. The molecule has 1 aliphatic rings. The van der Waals surface area contributed by atoms with E-state index in [1.807, 2.05) is 18.2 Å². The highest BCUT2D eigenvalue weighted by molar-refractivity contribution is 7.88. The van der Waals surface area contributed by atoms with Gasteiger partial charge in [-0.2, -0.15) is 0 Å². The first-order valence-electron chi connectivity index (χ1n) is 8.52. The van der Waals surface area contributed by atoms with Crippen molar-refractivity contribution >= 4 is 33.2 Å². The van der Waals surface area contributed by atoms with E-state index in [0.717, 1.165) is 5.56 Å². The molecule has 1 atom stereocenters. The van der Waals surface area contributed by atoms with Crippen LogP contribution < -0.4 is 5.32 Å². The molecular formula is C19H21ClN2O3S. The molecule has 3 rings (SSSR count). The Labute approximate surface area is 159 Å². The van der Waals surface area contributed by atoms with Crippen molar-refractivity contribution in [2.24, 2.45) is 5.92 Å². The molecule has 1 saturated heterocycles. The van der Waals surface area contributed by atoms with Crippen LogP contribution >= 0.6 is 11.6 Å². The zero-order valence-electron chi connectivity index (χ0n) is 14.3. The molecule has 1 fully saturated rings. The summed E-state index contributed by atoms with van der Waals surface area (Å²) in [6.45, 7) is 0.664. The fourth-order valence-electron chi connectivity index (χ4n) is 3.10. The van der Waals surface area contributed by atoms with Crippen LogP contribution in [0.15, 0.2) is 54.6 Å². The zero-order valence-corrected chi connectivity index (χ0v) is 15.8. The van der Waals surface area contributed by atoms with Crippen LogP contribution in [0.25, 0.3) is 0 Å². The topological polar surface area (TPSA) is 66.5 Å². The van der Waals surface area contributed by atoms with E-state index in [4.69, 9.17) is 11.6 Å². The number of nitrogens with zero attached hydrogens (tertiary/aromatic N) is 1. The molecule has 5 nitrogen and oxygen atoms in total. The van der Waals surface area contributed by atoms with Crippen LogP contribution in [0, 0.1) is 5.92 Å². The second kappa shape index (κ2) is 8.20. The third-order valence-corrected chi connectivity index (χ3v) is 6.48. The van der Waals surface area contributed by atoms with Gasteiger partial charge in [-0.05, 0) is 36.6 Å². The molecule has 7 heteroatoms. The maximum Gasteiger partial charge on any atom is 0.228 e. The second-order valence-corrected chi connectivity index (χ2v) is 8.84. The van der Waals surface area contributed by atoms with Gasteiger partial charge in [0.15, 0.2) is 0 Å². The number of amides is 1. The molecule has 1 aliphatic heterocycles. The van der Waals surface area contributed by atoms with Crippen molar-refractivity contribution in [3.63, 3.8) is 0 Å². The van der Waals surface area contributed by atoms with Gasteiger partial charge in [0, 0.05) is 23.8 Å². The van der Waals surface area contributed by atoms with Gasteiger partial charge in [0.05, 0.1) is 11.7 Å². The molecule has 26 heavy (non-hydrogen) atoms. The molecule has 1 unspecified atom stereocenters. The minimum Gasteiger partial charge on any atom is -0.326 e. The minimum absolute atomic E-state index is 0.0452. The Bertz CT molecular complexity index is 871. The Kier molecular flexibility index (Phi) is 5.96. The van der Waals surface area contributed by atoms with Crippen molar-refractivity contribution in [2.75, 3.05) is 18.4 Å². The largest absolute Gasteiger partial charge is 0.326 e. The van der Waals surface area contributed by atoms with Crippen LogP contribution in [-0.2, 0) is 20.6 Å². The number of hydrogen-bond acceptors (Lipinski definition) is 3. The lowest BCUT2D eigenvalue weighted by Crippen LogP contribution is -2.44. The van der Waals surface area contributed by atoms with Crippen LogP contribution in [0.2, 0.25) is 5.02 Å². The molecule has 0 aromatic heterocycles. The molecule has 2 aromatic carbocycles. The third kappa shape index (κ3) is 4.84. The summed E-state index contributed by atoms with van der Waals surface area (Å²) in [4.78, 5) is 12.5. The molecule has 1 heterocycles. The van der Waals surface area contributed by atoms with Gasteiger partial charge >= 0.3 is 0 Å². The summed E-state index contributed by atoms with van der Waals surface area (Å²) in [7, 11) is -3.45. The number of carbonyl (C=O) groups is 1. The predicted octanol–water partition coefficient (Wildman–Crippen LogP) is 3.52. The van der Waals surface area contributed by atoms with Crippen LogP contribution in [0.4, 0.5) is 5.69 Å². The Morgan fingerprint density at radius 1 is 1.15 bits per heavy atom. The van der Waals surface area contributed by atoms with Gasteiger partial charge in [-0.3, -0.25) is 4.79 Å². The van der Waals surface area contributed by atoms with E-state index in [1.165, 1.54) is 4.31 Å². The summed E-state index contributed by atoms with van der Waals surface area (Å²) in [5.74, 6) is -0.587. The number of piperidine rings is 1. The van der Waals surface area contributed by atoms with E-state index < -0.39 is 10.0 Å². The third-order valence-electron chi connectivity index (χ3n) is 4.43. The van der Waals surface area contributed by atoms with Gasteiger partial charge < -0.3 is 5.32 Å². The molecule has 0 saturated carbocycles. The number of benzene rings is 2.